The van der Waals surface area contributed by atoms with Crippen LogP contribution in [0.25, 0.3) is 0 Å². The molecule has 1 rings (SSSR count). The van der Waals surface area contributed by atoms with Gasteiger partial charge in [-0.15, -0.1) is 6.21 Å². The molecule has 1 aromatic carbocycles. The molecule has 0 aromatic heterocycles. The van der Waals surface area contributed by atoms with Crippen LogP contribution < -0.4 is 51.4 Å². The first kappa shape index (κ1) is 36.5. The molecule has 0 bridgehead atoms. The normalized spacial score (nSPS) is 11.7. The molecule has 0 radical (unpaired) electrons. The molecule has 1 aromatic rings. The third-order valence-corrected chi connectivity index (χ3v) is 4.29. The smallest absolute Gasteiger partial charge is 0.457 e. The van der Waals surface area contributed by atoms with Gasteiger partial charge >= 0.3 is 57.4 Å². The zero-order valence-corrected chi connectivity index (χ0v) is 24.7. The van der Waals surface area contributed by atoms with Crippen molar-refractivity contribution in [1.29, 1.82) is 5.41 Å². The number of ether oxygens (including phenoxy) is 1. The van der Waals surface area contributed by atoms with Gasteiger partial charge in [-0.25, -0.2) is 9.96 Å². The fourth-order valence-corrected chi connectivity index (χ4v) is 2.09. The standard InChI is InChI=1S/C14H19FO2.C10H15.C4H6N.K/c1-4-6-13(17-14(16)5-2)11-8-7-10(3)12(15)9-11;1-4-6-7-8-9-10(3)5-2;1-4(2)3-5;/h7-9,13H,4-6H2,1-3H3;4,6,8-10H,1,5H2,2-3H3;1,3,5H,2H3;/q;2*-1;+1/b;9-8-;;. The monoisotopic (exact) mass is 480 g/mol. The molecule has 0 heterocycles. The van der Waals surface area contributed by atoms with E-state index in [4.69, 9.17) is 16.7 Å². The summed E-state index contributed by atoms with van der Waals surface area (Å²) in [5, 5.41) is 6.37. The van der Waals surface area contributed by atoms with Gasteiger partial charge in [0.15, 0.2) is 0 Å². The summed E-state index contributed by atoms with van der Waals surface area (Å²) in [7, 11) is 0. The average Bonchev–Trinajstić information content (AvgIpc) is 2.78. The van der Waals surface area contributed by atoms with Crippen molar-refractivity contribution in [2.24, 2.45) is 5.92 Å². The van der Waals surface area contributed by atoms with Gasteiger partial charge in [-0.3, -0.25) is 11.4 Å². The maximum Gasteiger partial charge on any atom is 1.00 e. The van der Waals surface area contributed by atoms with Crippen LogP contribution in [0.15, 0.2) is 54.7 Å². The quantitative estimate of drug-likeness (QED) is 0.167. The molecule has 0 fully saturated rings. The minimum Gasteiger partial charge on any atom is -0.457 e. The molecule has 0 amide bonds. The number of halogens is 1. The second-order valence-electron chi connectivity index (χ2n) is 7.33. The molecule has 5 heteroatoms. The summed E-state index contributed by atoms with van der Waals surface area (Å²) in [5.41, 5.74) is 1.88. The molecule has 1 N–H and O–H groups in total. The first-order chi connectivity index (χ1) is 15.2. The van der Waals surface area contributed by atoms with Crippen LogP contribution in [0.2, 0.25) is 0 Å². The number of nitrogens with one attached hydrogen (secondary N) is 1. The van der Waals surface area contributed by atoms with Crippen molar-refractivity contribution in [2.45, 2.75) is 73.3 Å². The molecule has 0 saturated heterocycles. The summed E-state index contributed by atoms with van der Waals surface area (Å²) in [6.45, 7) is 20.0. The molecule has 2 unspecified atom stereocenters. The molecule has 178 valence electrons. The molecule has 2 atom stereocenters. The van der Waals surface area contributed by atoms with E-state index in [2.05, 4.69) is 32.6 Å². The molecule has 0 aliphatic carbocycles. The van der Waals surface area contributed by atoms with Gasteiger partial charge in [0, 0.05) is 6.42 Å². The number of carbonyl (C=O) groups is 1. The third-order valence-electron chi connectivity index (χ3n) is 4.29. The fraction of sp³-hybridized carbons (Fsp3) is 0.429. The maximum absolute atomic E-state index is 13.5. The van der Waals surface area contributed by atoms with E-state index in [1.165, 1.54) is 12.5 Å². The van der Waals surface area contributed by atoms with Crippen LogP contribution in [-0.2, 0) is 9.53 Å². The minimum atomic E-state index is -0.331. The van der Waals surface area contributed by atoms with Crippen molar-refractivity contribution in [1.82, 2.24) is 0 Å². The molecule has 0 saturated carbocycles. The number of hydrogen-bond acceptors (Lipinski definition) is 3. The van der Waals surface area contributed by atoms with Gasteiger partial charge in [0.1, 0.15) is 11.9 Å². The SMILES string of the molecule is C=CC=[C-]/C=C\C(C)CC.CCCC(OC(=O)CC)c1ccc(C)c(F)c1.[CH-]=C(C)C=N.[K+]. The van der Waals surface area contributed by atoms with Crippen LogP contribution in [0.5, 0.6) is 0 Å². The molecular weight excluding hydrogens is 440 g/mol. The average molecular weight is 481 g/mol. The van der Waals surface area contributed by atoms with Gasteiger partial charge in [0.2, 0.25) is 0 Å². The van der Waals surface area contributed by atoms with Crippen molar-refractivity contribution in [3.8, 4) is 0 Å². The van der Waals surface area contributed by atoms with Crippen molar-refractivity contribution in [2.75, 3.05) is 0 Å². The van der Waals surface area contributed by atoms with Gasteiger partial charge in [0.25, 0.3) is 0 Å². The van der Waals surface area contributed by atoms with Gasteiger partial charge in [-0.2, -0.15) is 37.0 Å². The zero-order valence-electron chi connectivity index (χ0n) is 21.6. The van der Waals surface area contributed by atoms with Crippen LogP contribution >= 0.6 is 0 Å². The first-order valence-corrected chi connectivity index (χ1v) is 11.1. The van der Waals surface area contributed by atoms with Crippen molar-refractivity contribution >= 4 is 12.2 Å². The van der Waals surface area contributed by atoms with Crippen molar-refractivity contribution in [3.63, 3.8) is 0 Å². The number of aryl methyl sites for hydroxylation is 1. The number of esters is 1. The van der Waals surface area contributed by atoms with Gasteiger partial charge in [-0.1, -0.05) is 65.5 Å². The van der Waals surface area contributed by atoms with Crippen LogP contribution in [0, 0.1) is 36.7 Å². The Morgan fingerprint density at radius 2 is 1.94 bits per heavy atom. The summed E-state index contributed by atoms with van der Waals surface area (Å²) in [4.78, 5) is 11.3. The third kappa shape index (κ3) is 21.2. The number of carbonyl (C=O) groups excluding carboxylic acids is 1. The summed E-state index contributed by atoms with van der Waals surface area (Å²) < 4.78 is 18.8. The Morgan fingerprint density at radius 1 is 1.33 bits per heavy atom. The second kappa shape index (κ2) is 24.0. The van der Waals surface area contributed by atoms with Crippen molar-refractivity contribution < 1.29 is 65.3 Å². The number of allylic oxidation sites excluding steroid dienone is 6. The molecule has 0 aliphatic rings. The Hall–Kier alpha value is -1.11. The Morgan fingerprint density at radius 3 is 2.36 bits per heavy atom. The molecular formula is C28H40FKNO2-. The molecule has 33 heavy (non-hydrogen) atoms. The summed E-state index contributed by atoms with van der Waals surface area (Å²) >= 11 is 0. The molecule has 3 nitrogen and oxygen atoms in total. The van der Waals surface area contributed by atoms with Gasteiger partial charge in [-0.05, 0) is 30.5 Å². The van der Waals surface area contributed by atoms with Crippen LogP contribution in [0.4, 0.5) is 4.39 Å². The predicted molar refractivity (Wildman–Crippen MR) is 134 cm³/mol. The Balaban J connectivity index is -0.000000479. The van der Waals surface area contributed by atoms with E-state index in [0.29, 0.717) is 29.9 Å². The molecule has 0 spiro atoms. The van der Waals surface area contributed by atoms with Crippen molar-refractivity contribution in [3.05, 3.63) is 84.3 Å². The largest absolute Gasteiger partial charge is 1.00 e. The number of benzene rings is 1. The number of rotatable bonds is 10. The number of hydrogen-bond donors (Lipinski definition) is 1. The fourth-order valence-electron chi connectivity index (χ4n) is 2.09. The van der Waals surface area contributed by atoms with Gasteiger partial charge < -0.3 is 10.1 Å². The van der Waals surface area contributed by atoms with E-state index < -0.39 is 0 Å². The Bertz CT molecular complexity index is 756. The minimum absolute atomic E-state index is 0. The van der Waals surface area contributed by atoms with E-state index in [9.17, 15) is 9.18 Å². The Kier molecular flexibility index (Phi) is 26.5. The van der Waals surface area contributed by atoms with Crippen LogP contribution in [0.3, 0.4) is 0 Å². The first-order valence-electron chi connectivity index (χ1n) is 11.1. The van der Waals surface area contributed by atoms with E-state index >= 15 is 0 Å². The zero-order chi connectivity index (χ0) is 24.9. The Labute approximate surface area is 244 Å². The summed E-state index contributed by atoms with van der Waals surface area (Å²) in [6.07, 6.45) is 14.5. The van der Waals surface area contributed by atoms with E-state index in [-0.39, 0.29) is 69.3 Å². The van der Waals surface area contributed by atoms with Crippen LogP contribution in [0.1, 0.15) is 77.5 Å². The predicted octanol–water partition coefficient (Wildman–Crippen LogP) is 5.08. The van der Waals surface area contributed by atoms with Crippen LogP contribution in [-0.4, -0.2) is 12.2 Å². The summed E-state index contributed by atoms with van der Waals surface area (Å²) in [6, 6.07) is 4.99. The van der Waals surface area contributed by atoms with E-state index in [0.717, 1.165) is 18.2 Å². The second-order valence-corrected chi connectivity index (χ2v) is 7.33. The topological polar surface area (TPSA) is 50.2 Å². The summed E-state index contributed by atoms with van der Waals surface area (Å²) in [5.74, 6) is 0.159. The van der Waals surface area contributed by atoms with E-state index in [1.807, 2.05) is 19.1 Å². The van der Waals surface area contributed by atoms with E-state index in [1.54, 1.807) is 39.0 Å². The molecule has 0 aliphatic heterocycles. The van der Waals surface area contributed by atoms with Gasteiger partial charge in [0.05, 0.1) is 0 Å². The maximum atomic E-state index is 13.5.